The Morgan fingerprint density at radius 3 is 2.95 bits per heavy atom. The Labute approximate surface area is 118 Å². The van der Waals surface area contributed by atoms with Crippen LogP contribution in [0.5, 0.6) is 0 Å². The number of hydrogen-bond acceptors (Lipinski definition) is 4. The average molecular weight is 273 g/mol. The zero-order valence-electron chi connectivity index (χ0n) is 11.8. The summed E-state index contributed by atoms with van der Waals surface area (Å²) in [6, 6.07) is 5.37. The molecule has 0 aliphatic rings. The lowest BCUT2D eigenvalue weighted by molar-refractivity contribution is 0.0949. The molecule has 2 aromatic rings. The van der Waals surface area contributed by atoms with Crippen LogP contribution in [0.15, 0.2) is 30.6 Å². The molecule has 20 heavy (non-hydrogen) atoms. The molecule has 2 heterocycles. The second-order valence-electron chi connectivity index (χ2n) is 4.47. The number of anilines is 1. The van der Waals surface area contributed by atoms with Gasteiger partial charge in [0, 0.05) is 26.3 Å². The molecule has 106 valence electrons. The molecule has 0 atom stereocenters. The SMILES string of the molecule is CCNc1cccc(C(=O)NCCc2cnn(C)c2)n1. The molecule has 0 radical (unpaired) electrons. The molecular weight excluding hydrogens is 254 g/mol. The Balaban J connectivity index is 1.86. The van der Waals surface area contributed by atoms with Crippen LogP contribution in [-0.4, -0.2) is 33.8 Å². The molecule has 0 aliphatic heterocycles. The van der Waals surface area contributed by atoms with E-state index >= 15 is 0 Å². The van der Waals surface area contributed by atoms with Crippen molar-refractivity contribution in [2.75, 3.05) is 18.4 Å². The predicted octanol–water partition coefficient (Wildman–Crippen LogP) is 1.22. The van der Waals surface area contributed by atoms with Crippen LogP contribution in [0.3, 0.4) is 0 Å². The van der Waals surface area contributed by atoms with Crippen molar-refractivity contribution in [3.63, 3.8) is 0 Å². The zero-order valence-corrected chi connectivity index (χ0v) is 11.8. The van der Waals surface area contributed by atoms with Crippen LogP contribution >= 0.6 is 0 Å². The molecule has 6 heteroatoms. The molecule has 0 aliphatic carbocycles. The van der Waals surface area contributed by atoms with Crippen LogP contribution in [0, 0.1) is 0 Å². The van der Waals surface area contributed by atoms with E-state index in [1.54, 1.807) is 16.9 Å². The number of aromatic nitrogens is 3. The van der Waals surface area contributed by atoms with Crippen LogP contribution in [0.1, 0.15) is 23.0 Å². The number of amides is 1. The summed E-state index contributed by atoms with van der Waals surface area (Å²) >= 11 is 0. The average Bonchev–Trinajstić information content (AvgIpc) is 2.85. The van der Waals surface area contributed by atoms with Crippen molar-refractivity contribution in [2.24, 2.45) is 7.05 Å². The van der Waals surface area contributed by atoms with E-state index in [2.05, 4.69) is 20.7 Å². The van der Waals surface area contributed by atoms with E-state index in [4.69, 9.17) is 0 Å². The summed E-state index contributed by atoms with van der Waals surface area (Å²) < 4.78 is 1.75. The quantitative estimate of drug-likeness (QED) is 0.830. The first kappa shape index (κ1) is 14.0. The molecule has 6 nitrogen and oxygen atoms in total. The molecule has 0 saturated heterocycles. The van der Waals surface area contributed by atoms with Gasteiger partial charge >= 0.3 is 0 Å². The lowest BCUT2D eigenvalue weighted by Gasteiger charge is -2.06. The normalized spacial score (nSPS) is 10.3. The number of carbonyl (C=O) groups is 1. The largest absolute Gasteiger partial charge is 0.370 e. The highest BCUT2D eigenvalue weighted by Crippen LogP contribution is 2.04. The summed E-state index contributed by atoms with van der Waals surface area (Å²) in [5.41, 5.74) is 1.52. The lowest BCUT2D eigenvalue weighted by Crippen LogP contribution is -2.26. The first-order valence-electron chi connectivity index (χ1n) is 6.65. The van der Waals surface area contributed by atoms with E-state index in [1.807, 2.05) is 32.3 Å². The van der Waals surface area contributed by atoms with Crippen LogP contribution < -0.4 is 10.6 Å². The maximum atomic E-state index is 12.0. The fourth-order valence-electron chi connectivity index (χ4n) is 1.85. The molecule has 0 spiro atoms. The first-order valence-corrected chi connectivity index (χ1v) is 6.65. The molecule has 2 rings (SSSR count). The second-order valence-corrected chi connectivity index (χ2v) is 4.47. The Morgan fingerprint density at radius 1 is 1.40 bits per heavy atom. The van der Waals surface area contributed by atoms with Gasteiger partial charge < -0.3 is 10.6 Å². The minimum Gasteiger partial charge on any atom is -0.370 e. The van der Waals surface area contributed by atoms with Crippen molar-refractivity contribution in [2.45, 2.75) is 13.3 Å². The van der Waals surface area contributed by atoms with Crippen LogP contribution in [0.2, 0.25) is 0 Å². The van der Waals surface area contributed by atoms with Crippen LogP contribution in [-0.2, 0) is 13.5 Å². The first-order chi connectivity index (χ1) is 9.69. The highest BCUT2D eigenvalue weighted by Gasteiger charge is 2.07. The molecule has 0 unspecified atom stereocenters. The van der Waals surface area contributed by atoms with Gasteiger partial charge in [0.05, 0.1) is 6.20 Å². The molecule has 2 aromatic heterocycles. The molecular formula is C14H19N5O. The van der Waals surface area contributed by atoms with Gasteiger partial charge in [-0.25, -0.2) is 4.98 Å². The van der Waals surface area contributed by atoms with Crippen molar-refractivity contribution in [1.29, 1.82) is 0 Å². The number of hydrogen-bond donors (Lipinski definition) is 2. The van der Waals surface area contributed by atoms with Crippen molar-refractivity contribution in [1.82, 2.24) is 20.1 Å². The number of pyridine rings is 1. The Hall–Kier alpha value is -2.37. The molecule has 1 amide bonds. The number of carbonyl (C=O) groups excluding carboxylic acids is 1. The minimum atomic E-state index is -0.159. The summed E-state index contributed by atoms with van der Waals surface area (Å²) in [5.74, 6) is 0.557. The van der Waals surface area contributed by atoms with Crippen LogP contribution in [0.25, 0.3) is 0 Å². The molecule has 2 N–H and O–H groups in total. The zero-order chi connectivity index (χ0) is 14.4. The van der Waals surface area contributed by atoms with Crippen molar-refractivity contribution in [3.8, 4) is 0 Å². The highest BCUT2D eigenvalue weighted by molar-refractivity contribution is 5.92. The number of aryl methyl sites for hydroxylation is 1. The van der Waals surface area contributed by atoms with Gasteiger partial charge in [-0.3, -0.25) is 9.48 Å². The molecule has 0 bridgehead atoms. The van der Waals surface area contributed by atoms with E-state index < -0.39 is 0 Å². The standard InChI is InChI=1S/C14H19N5O/c1-3-15-13-6-4-5-12(18-13)14(20)16-8-7-11-9-17-19(2)10-11/h4-6,9-10H,3,7-8H2,1-2H3,(H,15,18)(H,16,20). The van der Waals surface area contributed by atoms with E-state index in [0.29, 0.717) is 18.1 Å². The number of nitrogens with one attached hydrogen (secondary N) is 2. The molecule has 0 aromatic carbocycles. The maximum Gasteiger partial charge on any atom is 0.269 e. The van der Waals surface area contributed by atoms with E-state index in [-0.39, 0.29) is 5.91 Å². The third kappa shape index (κ3) is 3.81. The Kier molecular flexibility index (Phi) is 4.70. The second kappa shape index (κ2) is 6.70. The lowest BCUT2D eigenvalue weighted by atomic mass is 10.2. The molecule has 0 fully saturated rings. The van der Waals surface area contributed by atoms with E-state index in [0.717, 1.165) is 18.5 Å². The van der Waals surface area contributed by atoms with E-state index in [1.165, 1.54) is 0 Å². The van der Waals surface area contributed by atoms with Gasteiger partial charge in [0.15, 0.2) is 0 Å². The van der Waals surface area contributed by atoms with Gasteiger partial charge in [0.1, 0.15) is 11.5 Å². The van der Waals surface area contributed by atoms with E-state index in [9.17, 15) is 4.79 Å². The Bertz CT molecular complexity index is 578. The number of rotatable bonds is 6. The summed E-state index contributed by atoms with van der Waals surface area (Å²) in [6.07, 6.45) is 4.50. The fourth-order valence-corrected chi connectivity index (χ4v) is 1.85. The Morgan fingerprint density at radius 2 is 2.25 bits per heavy atom. The van der Waals surface area contributed by atoms with Crippen molar-refractivity contribution in [3.05, 3.63) is 41.9 Å². The van der Waals surface area contributed by atoms with Gasteiger partial charge in [-0.05, 0) is 31.0 Å². The smallest absolute Gasteiger partial charge is 0.269 e. The van der Waals surface area contributed by atoms with Gasteiger partial charge in [-0.2, -0.15) is 5.10 Å². The van der Waals surface area contributed by atoms with Crippen molar-refractivity contribution >= 4 is 11.7 Å². The monoisotopic (exact) mass is 273 g/mol. The van der Waals surface area contributed by atoms with Crippen LogP contribution in [0.4, 0.5) is 5.82 Å². The van der Waals surface area contributed by atoms with Crippen molar-refractivity contribution < 1.29 is 4.79 Å². The minimum absolute atomic E-state index is 0.159. The number of nitrogens with zero attached hydrogens (tertiary/aromatic N) is 3. The summed E-state index contributed by atoms with van der Waals surface area (Å²) in [6.45, 7) is 3.33. The maximum absolute atomic E-state index is 12.0. The van der Waals surface area contributed by atoms with Gasteiger partial charge in [-0.1, -0.05) is 6.07 Å². The summed E-state index contributed by atoms with van der Waals surface area (Å²) in [4.78, 5) is 16.2. The summed E-state index contributed by atoms with van der Waals surface area (Å²) in [7, 11) is 1.87. The van der Waals surface area contributed by atoms with Gasteiger partial charge in [0.2, 0.25) is 0 Å². The third-order valence-electron chi connectivity index (χ3n) is 2.80. The van der Waals surface area contributed by atoms with Gasteiger partial charge in [0.25, 0.3) is 5.91 Å². The fraction of sp³-hybridized carbons (Fsp3) is 0.357. The van der Waals surface area contributed by atoms with Gasteiger partial charge in [-0.15, -0.1) is 0 Å². The molecule has 0 saturated carbocycles. The third-order valence-corrected chi connectivity index (χ3v) is 2.80. The predicted molar refractivity (Wildman–Crippen MR) is 77.6 cm³/mol. The summed E-state index contributed by atoms with van der Waals surface area (Å²) in [5, 5.41) is 10.0. The highest BCUT2D eigenvalue weighted by atomic mass is 16.1. The topological polar surface area (TPSA) is 71.8 Å².